The number of ether oxygens (including phenoxy) is 4. The average molecular weight is 1580 g/mol. The molecular formula is C89H174O17P2. The summed E-state index contributed by atoms with van der Waals surface area (Å²) in [5, 5.41) is 10.7. The number of esters is 4. The van der Waals surface area contributed by atoms with E-state index in [2.05, 4.69) is 55.4 Å². The second-order valence-corrected chi connectivity index (χ2v) is 36.8. The van der Waals surface area contributed by atoms with Crippen molar-refractivity contribution in [2.45, 2.75) is 485 Å². The zero-order valence-corrected chi connectivity index (χ0v) is 73.3. The molecule has 0 rings (SSSR count). The lowest BCUT2D eigenvalue weighted by molar-refractivity contribution is -0.161. The number of rotatable bonds is 86. The third-order valence-corrected chi connectivity index (χ3v) is 22.7. The fourth-order valence-electron chi connectivity index (χ4n) is 13.8. The summed E-state index contributed by atoms with van der Waals surface area (Å²) in [7, 11) is -9.93. The average Bonchev–Trinajstić information content (AvgIpc) is 0.905. The molecule has 0 fully saturated rings. The summed E-state index contributed by atoms with van der Waals surface area (Å²) in [5.41, 5.74) is 0. The number of phosphoric acid groups is 2. The lowest BCUT2D eigenvalue weighted by Gasteiger charge is -2.21. The lowest BCUT2D eigenvalue weighted by Crippen LogP contribution is -2.30. The van der Waals surface area contributed by atoms with Crippen LogP contribution in [-0.4, -0.2) is 96.7 Å². The molecule has 0 aromatic carbocycles. The van der Waals surface area contributed by atoms with E-state index in [4.69, 9.17) is 37.0 Å². The molecule has 3 unspecified atom stereocenters. The number of hydrogen-bond acceptors (Lipinski definition) is 15. The highest BCUT2D eigenvalue weighted by Gasteiger charge is 2.31. The zero-order chi connectivity index (χ0) is 79.5. The Morgan fingerprint density at radius 3 is 0.574 bits per heavy atom. The summed E-state index contributed by atoms with van der Waals surface area (Å²) in [6.45, 7) is 14.3. The van der Waals surface area contributed by atoms with Gasteiger partial charge in [0.05, 0.1) is 26.4 Å². The number of hydrogen-bond donors (Lipinski definition) is 3. The minimum absolute atomic E-state index is 0.107. The molecule has 17 nitrogen and oxygen atoms in total. The number of carbonyl (C=O) groups excluding carboxylic acids is 4. The van der Waals surface area contributed by atoms with E-state index in [0.29, 0.717) is 31.6 Å². The molecule has 0 saturated carbocycles. The van der Waals surface area contributed by atoms with Crippen LogP contribution in [0.15, 0.2) is 0 Å². The van der Waals surface area contributed by atoms with E-state index in [9.17, 15) is 43.2 Å². The van der Waals surface area contributed by atoms with E-state index in [1.807, 2.05) is 0 Å². The van der Waals surface area contributed by atoms with Crippen LogP contribution >= 0.6 is 15.6 Å². The maximum absolute atomic E-state index is 13.2. The van der Waals surface area contributed by atoms with E-state index in [1.165, 1.54) is 263 Å². The Hall–Kier alpha value is -1.94. The van der Waals surface area contributed by atoms with Gasteiger partial charge in [-0.25, -0.2) is 9.13 Å². The first kappa shape index (κ1) is 106. The van der Waals surface area contributed by atoms with Crippen LogP contribution in [0.5, 0.6) is 0 Å². The van der Waals surface area contributed by atoms with Gasteiger partial charge < -0.3 is 33.8 Å². The number of carbonyl (C=O) groups is 4. The Labute approximate surface area is 664 Å². The fourth-order valence-corrected chi connectivity index (χ4v) is 15.4. The molecule has 0 aromatic rings. The first-order chi connectivity index (χ1) is 52.1. The molecule has 0 aromatic heterocycles. The van der Waals surface area contributed by atoms with E-state index in [0.717, 1.165) is 114 Å². The number of aliphatic hydroxyl groups is 1. The minimum Gasteiger partial charge on any atom is -0.462 e. The largest absolute Gasteiger partial charge is 0.472 e. The molecule has 19 heteroatoms. The monoisotopic (exact) mass is 1580 g/mol. The van der Waals surface area contributed by atoms with Crippen molar-refractivity contribution >= 4 is 39.5 Å². The lowest BCUT2D eigenvalue weighted by atomic mass is 10.0. The van der Waals surface area contributed by atoms with E-state index in [1.54, 1.807) is 0 Å². The maximum atomic E-state index is 13.2. The van der Waals surface area contributed by atoms with E-state index in [-0.39, 0.29) is 25.7 Å². The third kappa shape index (κ3) is 82.1. The molecule has 0 aliphatic heterocycles. The molecule has 642 valence electrons. The quantitative estimate of drug-likeness (QED) is 0.0222. The SMILES string of the molecule is CC(C)CCCCCCCCCCCCCCCCCCCCC(=O)OC[C@H](COP(=O)(O)OCC(O)COP(=O)(O)OC[C@@H](COC(=O)CCCCCCCCC(C)C)OC(=O)CCCCCCCCCCCCCCCCCCCCC(C)C)OC(=O)CCCCCCCCCCCCCCCCC(C)C. The second-order valence-electron chi connectivity index (χ2n) is 33.9. The van der Waals surface area contributed by atoms with Gasteiger partial charge in [0.25, 0.3) is 0 Å². The van der Waals surface area contributed by atoms with Gasteiger partial charge in [0.15, 0.2) is 12.2 Å². The predicted octanol–water partition coefficient (Wildman–Crippen LogP) is 27.1. The van der Waals surface area contributed by atoms with Crippen LogP contribution in [0.4, 0.5) is 0 Å². The van der Waals surface area contributed by atoms with Gasteiger partial charge in [0.2, 0.25) is 0 Å². The highest BCUT2D eigenvalue weighted by atomic mass is 31.2. The fraction of sp³-hybridized carbons (Fsp3) is 0.955. The predicted molar refractivity (Wildman–Crippen MR) is 446 cm³/mol. The summed E-state index contributed by atoms with van der Waals surface area (Å²) < 4.78 is 68.9. The van der Waals surface area contributed by atoms with Crippen molar-refractivity contribution in [1.82, 2.24) is 0 Å². The van der Waals surface area contributed by atoms with Crippen molar-refractivity contribution in [2.75, 3.05) is 39.6 Å². The topological polar surface area (TPSA) is 237 Å². The molecule has 0 radical (unpaired) electrons. The van der Waals surface area contributed by atoms with E-state index < -0.39 is 97.5 Å². The van der Waals surface area contributed by atoms with Crippen LogP contribution in [0.3, 0.4) is 0 Å². The summed E-state index contributed by atoms with van der Waals surface area (Å²) >= 11 is 0. The van der Waals surface area contributed by atoms with Crippen LogP contribution in [0, 0.1) is 23.7 Å². The number of aliphatic hydroxyl groups excluding tert-OH is 1. The van der Waals surface area contributed by atoms with Crippen molar-refractivity contribution in [1.29, 1.82) is 0 Å². The van der Waals surface area contributed by atoms with Crippen molar-refractivity contribution in [3.8, 4) is 0 Å². The third-order valence-electron chi connectivity index (χ3n) is 20.8. The van der Waals surface area contributed by atoms with Crippen molar-refractivity contribution in [2.24, 2.45) is 23.7 Å². The van der Waals surface area contributed by atoms with Crippen molar-refractivity contribution in [3.63, 3.8) is 0 Å². The van der Waals surface area contributed by atoms with Gasteiger partial charge in [0, 0.05) is 25.7 Å². The Morgan fingerprint density at radius 1 is 0.231 bits per heavy atom. The number of phosphoric ester groups is 2. The molecule has 0 saturated heterocycles. The highest BCUT2D eigenvalue weighted by molar-refractivity contribution is 7.47. The molecule has 0 aliphatic carbocycles. The van der Waals surface area contributed by atoms with Crippen LogP contribution < -0.4 is 0 Å². The highest BCUT2D eigenvalue weighted by Crippen LogP contribution is 2.45. The van der Waals surface area contributed by atoms with Gasteiger partial charge in [0.1, 0.15) is 19.3 Å². The van der Waals surface area contributed by atoms with Crippen LogP contribution in [0.25, 0.3) is 0 Å². The standard InChI is InChI=1S/C89H174O17P2/c1-79(2)65-57-49-41-35-29-23-17-13-9-11-15-19-26-32-38-44-53-61-69-86(91)99-75-84(105-88(93)71-64-56-46-40-34-28-22-21-25-31-37-43-51-59-67-81(5)6)77-103-107(95,96)101-73-83(90)74-102-108(97,98)104-78-85(76-100-87(92)70-62-54-48-47-52-60-68-82(7)8)106-89(94)72-63-55-45-39-33-27-20-16-12-10-14-18-24-30-36-42-50-58-66-80(3)4/h79-85,90H,9-78H2,1-8H3,(H,95,96)(H,97,98)/t83?,84-,85-/m1/s1. The van der Waals surface area contributed by atoms with Crippen molar-refractivity contribution < 1.29 is 80.2 Å². The first-order valence-corrected chi connectivity index (χ1v) is 48.7. The second kappa shape index (κ2) is 77.6. The van der Waals surface area contributed by atoms with Crippen LogP contribution in [0.1, 0.15) is 466 Å². The summed E-state index contributed by atoms with van der Waals surface area (Å²) in [5.74, 6) is 1.01. The van der Waals surface area contributed by atoms with Gasteiger partial charge in [-0.05, 0) is 49.4 Å². The van der Waals surface area contributed by atoms with Gasteiger partial charge >= 0.3 is 39.5 Å². The Morgan fingerprint density at radius 2 is 0.389 bits per heavy atom. The molecular weight excluding hydrogens is 1400 g/mol. The molecule has 108 heavy (non-hydrogen) atoms. The minimum atomic E-state index is -4.97. The summed E-state index contributed by atoms with van der Waals surface area (Å²) in [6.07, 6.45) is 68.3. The van der Waals surface area contributed by atoms with Gasteiger partial charge in [-0.2, -0.15) is 0 Å². The molecule has 0 heterocycles. The molecule has 0 aliphatic rings. The zero-order valence-electron chi connectivity index (χ0n) is 71.5. The first-order valence-electron chi connectivity index (χ1n) is 45.7. The molecule has 3 N–H and O–H groups in total. The van der Waals surface area contributed by atoms with E-state index >= 15 is 0 Å². The Kier molecular flexibility index (Phi) is 76.2. The normalized spacial score (nSPS) is 13.9. The summed E-state index contributed by atoms with van der Waals surface area (Å²) in [6, 6.07) is 0. The Balaban J connectivity index is 5.18. The molecule has 0 bridgehead atoms. The molecule has 0 amide bonds. The smallest absolute Gasteiger partial charge is 0.462 e. The van der Waals surface area contributed by atoms with Gasteiger partial charge in [-0.15, -0.1) is 0 Å². The van der Waals surface area contributed by atoms with Crippen molar-refractivity contribution in [3.05, 3.63) is 0 Å². The van der Waals surface area contributed by atoms with Crippen LogP contribution in [-0.2, 0) is 65.4 Å². The summed E-state index contributed by atoms with van der Waals surface area (Å²) in [4.78, 5) is 73.3. The molecule has 0 spiro atoms. The van der Waals surface area contributed by atoms with Gasteiger partial charge in [-0.3, -0.25) is 37.3 Å². The molecule has 5 atom stereocenters. The number of unbranched alkanes of at least 4 members (excludes halogenated alkanes) is 52. The maximum Gasteiger partial charge on any atom is 0.472 e. The Bertz CT molecular complexity index is 2090. The van der Waals surface area contributed by atoms with Gasteiger partial charge in [-0.1, -0.05) is 415 Å². The van der Waals surface area contributed by atoms with Crippen LogP contribution in [0.2, 0.25) is 0 Å².